The molecule has 0 aliphatic heterocycles. The Morgan fingerprint density at radius 3 is 2.36 bits per heavy atom. The van der Waals surface area contributed by atoms with Crippen LogP contribution in [0, 0.1) is 13.8 Å². The molecule has 0 bridgehead atoms. The number of thiocarbonyl (C=S) groups is 1. The zero-order chi connectivity index (χ0) is 18.4. The summed E-state index contributed by atoms with van der Waals surface area (Å²) in [6.45, 7) is 6.27. The molecule has 0 spiro atoms. The first-order valence-corrected chi connectivity index (χ1v) is 8.76. The SMILES string of the molecule is CC[C@@H](NC(=S)Nc1ccc(C)cc1C)c1ccc(OC)c(OC)c1. The Hall–Kier alpha value is -2.27. The fourth-order valence-corrected chi connectivity index (χ4v) is 3.01. The molecule has 5 heteroatoms. The van der Waals surface area contributed by atoms with Crippen LogP contribution in [0.2, 0.25) is 0 Å². The second-order valence-corrected chi connectivity index (χ2v) is 6.40. The van der Waals surface area contributed by atoms with Crippen molar-refractivity contribution in [2.24, 2.45) is 0 Å². The van der Waals surface area contributed by atoms with Gasteiger partial charge in [0.15, 0.2) is 16.6 Å². The molecular weight excluding hydrogens is 332 g/mol. The van der Waals surface area contributed by atoms with Gasteiger partial charge in [0, 0.05) is 5.69 Å². The van der Waals surface area contributed by atoms with Crippen LogP contribution in [0.4, 0.5) is 5.69 Å². The normalized spacial score (nSPS) is 11.6. The number of methoxy groups -OCH3 is 2. The molecule has 4 nitrogen and oxygen atoms in total. The van der Waals surface area contributed by atoms with Gasteiger partial charge >= 0.3 is 0 Å². The average molecular weight is 359 g/mol. The predicted molar refractivity (Wildman–Crippen MR) is 108 cm³/mol. The lowest BCUT2D eigenvalue weighted by molar-refractivity contribution is 0.354. The number of aryl methyl sites for hydroxylation is 2. The van der Waals surface area contributed by atoms with Crippen LogP contribution in [0.5, 0.6) is 11.5 Å². The molecule has 0 radical (unpaired) electrons. The van der Waals surface area contributed by atoms with E-state index in [0.29, 0.717) is 10.9 Å². The number of hydrogen-bond acceptors (Lipinski definition) is 3. The number of benzene rings is 2. The van der Waals surface area contributed by atoms with Gasteiger partial charge in [-0.25, -0.2) is 0 Å². The first kappa shape index (κ1) is 19.1. The first-order chi connectivity index (χ1) is 12.0. The predicted octanol–water partition coefficient (Wildman–Crippen LogP) is 4.76. The Balaban J connectivity index is 2.12. The maximum atomic E-state index is 5.50. The summed E-state index contributed by atoms with van der Waals surface area (Å²) in [7, 11) is 3.28. The average Bonchev–Trinajstić information content (AvgIpc) is 2.61. The van der Waals surface area contributed by atoms with E-state index in [1.54, 1.807) is 14.2 Å². The molecule has 2 N–H and O–H groups in total. The number of hydrogen-bond donors (Lipinski definition) is 2. The van der Waals surface area contributed by atoms with Crippen LogP contribution in [-0.2, 0) is 0 Å². The van der Waals surface area contributed by atoms with E-state index >= 15 is 0 Å². The molecule has 0 fully saturated rings. The Labute approximate surface area is 155 Å². The summed E-state index contributed by atoms with van der Waals surface area (Å²) < 4.78 is 10.7. The number of nitrogens with one attached hydrogen (secondary N) is 2. The van der Waals surface area contributed by atoms with E-state index in [4.69, 9.17) is 21.7 Å². The van der Waals surface area contributed by atoms with Gasteiger partial charge in [-0.05, 0) is 61.8 Å². The van der Waals surface area contributed by atoms with Crippen LogP contribution in [0.3, 0.4) is 0 Å². The maximum Gasteiger partial charge on any atom is 0.171 e. The fourth-order valence-electron chi connectivity index (χ4n) is 2.76. The van der Waals surface area contributed by atoms with Gasteiger partial charge in [-0.1, -0.05) is 30.7 Å². The molecule has 0 unspecified atom stereocenters. The molecule has 0 saturated carbocycles. The third-order valence-corrected chi connectivity index (χ3v) is 4.37. The highest BCUT2D eigenvalue weighted by molar-refractivity contribution is 7.80. The van der Waals surface area contributed by atoms with E-state index in [9.17, 15) is 0 Å². The monoisotopic (exact) mass is 358 g/mol. The Kier molecular flexibility index (Phi) is 6.65. The van der Waals surface area contributed by atoms with Crippen molar-refractivity contribution < 1.29 is 9.47 Å². The van der Waals surface area contributed by atoms with Crippen molar-refractivity contribution in [3.63, 3.8) is 0 Å². The van der Waals surface area contributed by atoms with Crippen LogP contribution >= 0.6 is 12.2 Å². The Morgan fingerprint density at radius 2 is 1.76 bits per heavy atom. The summed E-state index contributed by atoms with van der Waals surface area (Å²) >= 11 is 5.50. The van der Waals surface area contributed by atoms with E-state index in [0.717, 1.165) is 23.4 Å². The summed E-state index contributed by atoms with van der Waals surface area (Å²) in [5, 5.41) is 7.28. The van der Waals surface area contributed by atoms with Gasteiger partial charge in [0.2, 0.25) is 0 Å². The second kappa shape index (κ2) is 8.72. The minimum atomic E-state index is 0.0885. The lowest BCUT2D eigenvalue weighted by Crippen LogP contribution is -2.32. The van der Waals surface area contributed by atoms with Crippen molar-refractivity contribution in [2.45, 2.75) is 33.2 Å². The van der Waals surface area contributed by atoms with E-state index in [1.807, 2.05) is 18.2 Å². The lowest BCUT2D eigenvalue weighted by atomic mass is 10.0. The molecule has 2 aromatic carbocycles. The summed E-state index contributed by atoms with van der Waals surface area (Å²) in [4.78, 5) is 0. The minimum absolute atomic E-state index is 0.0885. The van der Waals surface area contributed by atoms with E-state index in [-0.39, 0.29) is 6.04 Å². The van der Waals surface area contributed by atoms with Crippen molar-refractivity contribution >= 4 is 23.0 Å². The number of ether oxygens (including phenoxy) is 2. The van der Waals surface area contributed by atoms with Crippen LogP contribution in [-0.4, -0.2) is 19.3 Å². The maximum absolute atomic E-state index is 5.50. The minimum Gasteiger partial charge on any atom is -0.493 e. The summed E-state index contributed by atoms with van der Waals surface area (Å²) in [6.07, 6.45) is 0.893. The summed E-state index contributed by atoms with van der Waals surface area (Å²) in [5.74, 6) is 1.44. The van der Waals surface area contributed by atoms with Gasteiger partial charge in [0.05, 0.1) is 20.3 Å². The molecule has 0 heterocycles. The summed E-state index contributed by atoms with van der Waals surface area (Å²) in [5.41, 5.74) is 4.53. The van der Waals surface area contributed by atoms with Crippen molar-refractivity contribution in [1.29, 1.82) is 0 Å². The topological polar surface area (TPSA) is 42.5 Å². The molecule has 0 aliphatic rings. The van der Waals surface area contributed by atoms with Gasteiger partial charge < -0.3 is 20.1 Å². The molecule has 2 aromatic rings. The molecule has 0 aromatic heterocycles. The lowest BCUT2D eigenvalue weighted by Gasteiger charge is -2.21. The second-order valence-electron chi connectivity index (χ2n) is 5.99. The molecule has 25 heavy (non-hydrogen) atoms. The van der Waals surface area contributed by atoms with Gasteiger partial charge in [-0.2, -0.15) is 0 Å². The van der Waals surface area contributed by atoms with Gasteiger partial charge in [0.1, 0.15) is 0 Å². The van der Waals surface area contributed by atoms with Crippen molar-refractivity contribution in [2.75, 3.05) is 19.5 Å². The molecule has 0 amide bonds. The molecular formula is C20H26N2O2S. The standard InChI is InChI=1S/C20H26N2O2S/c1-6-16(15-8-10-18(23-4)19(12-15)24-5)21-20(25)22-17-9-7-13(2)11-14(17)3/h7-12,16H,6H2,1-5H3,(H2,21,22,25)/t16-/m1/s1. The van der Waals surface area contributed by atoms with Crippen molar-refractivity contribution in [1.82, 2.24) is 5.32 Å². The highest BCUT2D eigenvalue weighted by Crippen LogP contribution is 2.31. The smallest absolute Gasteiger partial charge is 0.171 e. The highest BCUT2D eigenvalue weighted by Gasteiger charge is 2.14. The Bertz CT molecular complexity index is 746. The Morgan fingerprint density at radius 1 is 1.04 bits per heavy atom. The molecule has 134 valence electrons. The van der Waals surface area contributed by atoms with Gasteiger partial charge in [0.25, 0.3) is 0 Å². The van der Waals surface area contributed by atoms with Crippen LogP contribution < -0.4 is 20.1 Å². The van der Waals surface area contributed by atoms with E-state index < -0.39 is 0 Å². The van der Waals surface area contributed by atoms with Crippen molar-refractivity contribution in [3.05, 3.63) is 53.1 Å². The van der Waals surface area contributed by atoms with E-state index in [2.05, 4.69) is 49.6 Å². The number of anilines is 1. The third-order valence-electron chi connectivity index (χ3n) is 4.15. The molecule has 0 saturated heterocycles. The molecule has 1 atom stereocenters. The van der Waals surface area contributed by atoms with Gasteiger partial charge in [-0.3, -0.25) is 0 Å². The van der Waals surface area contributed by atoms with Crippen LogP contribution in [0.25, 0.3) is 0 Å². The van der Waals surface area contributed by atoms with E-state index in [1.165, 1.54) is 11.1 Å². The molecule has 0 aliphatic carbocycles. The van der Waals surface area contributed by atoms with Crippen LogP contribution in [0.1, 0.15) is 36.1 Å². The largest absolute Gasteiger partial charge is 0.493 e. The zero-order valence-electron chi connectivity index (χ0n) is 15.5. The van der Waals surface area contributed by atoms with Crippen molar-refractivity contribution in [3.8, 4) is 11.5 Å². The molecule has 2 rings (SSSR count). The first-order valence-electron chi connectivity index (χ1n) is 8.35. The van der Waals surface area contributed by atoms with Crippen LogP contribution in [0.15, 0.2) is 36.4 Å². The van der Waals surface area contributed by atoms with Gasteiger partial charge in [-0.15, -0.1) is 0 Å². The third kappa shape index (κ3) is 4.86. The fraction of sp³-hybridized carbons (Fsp3) is 0.350. The summed E-state index contributed by atoms with van der Waals surface area (Å²) in [6, 6.07) is 12.3. The highest BCUT2D eigenvalue weighted by atomic mass is 32.1. The quantitative estimate of drug-likeness (QED) is 0.729. The number of rotatable bonds is 6. The zero-order valence-corrected chi connectivity index (χ0v) is 16.3.